The first-order chi connectivity index (χ1) is 12.8. The molecule has 1 aromatic heterocycles. The van der Waals surface area contributed by atoms with Crippen molar-refractivity contribution >= 4 is 0 Å². The molecule has 2 aliphatic heterocycles. The molecule has 4 rings (SSSR count). The quantitative estimate of drug-likeness (QED) is 0.771. The highest BCUT2D eigenvalue weighted by atomic mass is 16.5. The van der Waals surface area contributed by atoms with Crippen LogP contribution in [0.3, 0.4) is 0 Å². The topological polar surface area (TPSA) is 46.4 Å². The lowest BCUT2D eigenvalue weighted by Crippen LogP contribution is -2.42. The van der Waals surface area contributed by atoms with E-state index in [-0.39, 0.29) is 0 Å². The van der Waals surface area contributed by atoms with Gasteiger partial charge in [-0.15, -0.1) is 10.2 Å². The van der Waals surface area contributed by atoms with Crippen molar-refractivity contribution in [1.29, 1.82) is 0 Å². The van der Waals surface area contributed by atoms with Crippen LogP contribution in [0, 0.1) is 0 Å². The van der Waals surface area contributed by atoms with Gasteiger partial charge in [0.2, 0.25) is 0 Å². The molecule has 6 nitrogen and oxygen atoms in total. The molecule has 1 aliphatic carbocycles. The molecule has 0 bridgehead atoms. The smallest absolute Gasteiger partial charge is 0.146 e. The van der Waals surface area contributed by atoms with Crippen molar-refractivity contribution in [2.75, 3.05) is 39.4 Å². The standard InChI is InChI=1S/C20H35N5O/c1-23-19(16-24-11-13-26-14-12-24)21-22-20(23)17-7-6-10-25(15-17)18-8-4-2-3-5-9-18/h17-18H,2-16H2,1H3/t17-/m0/s1. The Bertz CT molecular complexity index is 561. The summed E-state index contributed by atoms with van der Waals surface area (Å²) in [5.41, 5.74) is 0. The van der Waals surface area contributed by atoms with E-state index in [0.29, 0.717) is 5.92 Å². The predicted molar refractivity (Wildman–Crippen MR) is 102 cm³/mol. The van der Waals surface area contributed by atoms with E-state index in [0.717, 1.165) is 44.7 Å². The minimum atomic E-state index is 0.544. The van der Waals surface area contributed by atoms with Crippen molar-refractivity contribution in [3.8, 4) is 0 Å². The van der Waals surface area contributed by atoms with E-state index in [1.54, 1.807) is 0 Å². The Morgan fingerprint density at radius 2 is 1.69 bits per heavy atom. The molecule has 3 aliphatic rings. The van der Waals surface area contributed by atoms with Crippen molar-refractivity contribution in [1.82, 2.24) is 24.6 Å². The summed E-state index contributed by atoms with van der Waals surface area (Å²) in [6, 6.07) is 0.807. The summed E-state index contributed by atoms with van der Waals surface area (Å²) in [5.74, 6) is 2.85. The lowest BCUT2D eigenvalue weighted by atomic mass is 9.94. The summed E-state index contributed by atoms with van der Waals surface area (Å²) in [4.78, 5) is 5.20. The second kappa shape index (κ2) is 8.81. The number of piperidine rings is 1. The highest BCUT2D eigenvalue weighted by Gasteiger charge is 2.30. The van der Waals surface area contributed by atoms with Crippen molar-refractivity contribution in [3.63, 3.8) is 0 Å². The van der Waals surface area contributed by atoms with Gasteiger partial charge >= 0.3 is 0 Å². The van der Waals surface area contributed by atoms with Crippen LogP contribution < -0.4 is 0 Å². The first-order valence-electron chi connectivity index (χ1n) is 10.7. The number of aromatic nitrogens is 3. The maximum Gasteiger partial charge on any atom is 0.146 e. The van der Waals surface area contributed by atoms with Gasteiger partial charge in [0.15, 0.2) is 0 Å². The van der Waals surface area contributed by atoms with Gasteiger partial charge in [0.05, 0.1) is 19.8 Å². The zero-order valence-corrected chi connectivity index (χ0v) is 16.4. The molecule has 146 valence electrons. The van der Waals surface area contributed by atoms with Crippen LogP contribution in [0.4, 0.5) is 0 Å². The minimum absolute atomic E-state index is 0.544. The first kappa shape index (κ1) is 18.4. The summed E-state index contributed by atoms with van der Waals surface area (Å²) in [6.45, 7) is 7.02. The van der Waals surface area contributed by atoms with Gasteiger partial charge in [-0.25, -0.2) is 0 Å². The molecule has 0 radical (unpaired) electrons. The van der Waals surface area contributed by atoms with Gasteiger partial charge in [0, 0.05) is 38.6 Å². The number of morpholine rings is 1. The number of hydrogen-bond donors (Lipinski definition) is 0. The molecule has 2 saturated heterocycles. The third-order valence-corrected chi connectivity index (χ3v) is 6.63. The molecule has 0 aromatic carbocycles. The molecular formula is C20H35N5O. The highest BCUT2D eigenvalue weighted by molar-refractivity contribution is 5.04. The second-order valence-corrected chi connectivity index (χ2v) is 8.40. The van der Waals surface area contributed by atoms with E-state index in [4.69, 9.17) is 4.74 Å². The number of nitrogens with zero attached hydrogens (tertiary/aromatic N) is 5. The highest BCUT2D eigenvalue weighted by Crippen LogP contribution is 2.30. The van der Waals surface area contributed by atoms with Crippen LogP contribution in [0.15, 0.2) is 0 Å². The molecule has 1 atom stereocenters. The molecule has 1 aromatic rings. The molecule has 0 spiro atoms. The van der Waals surface area contributed by atoms with Crippen LogP contribution in [-0.2, 0) is 18.3 Å². The Morgan fingerprint density at radius 1 is 0.923 bits per heavy atom. The lowest BCUT2D eigenvalue weighted by molar-refractivity contribution is 0.0326. The number of ether oxygens (including phenoxy) is 1. The summed E-state index contributed by atoms with van der Waals surface area (Å²) in [7, 11) is 2.16. The van der Waals surface area contributed by atoms with Gasteiger partial charge in [0.25, 0.3) is 0 Å². The second-order valence-electron chi connectivity index (χ2n) is 8.40. The summed E-state index contributed by atoms with van der Waals surface area (Å²) >= 11 is 0. The van der Waals surface area contributed by atoms with Crippen LogP contribution >= 0.6 is 0 Å². The third-order valence-electron chi connectivity index (χ3n) is 6.63. The fourth-order valence-electron chi connectivity index (χ4n) is 5.00. The van der Waals surface area contributed by atoms with E-state index in [2.05, 4.69) is 31.6 Å². The van der Waals surface area contributed by atoms with Gasteiger partial charge in [-0.1, -0.05) is 25.7 Å². The predicted octanol–water partition coefficient (Wildman–Crippen LogP) is 2.55. The monoisotopic (exact) mass is 361 g/mol. The molecule has 1 saturated carbocycles. The Morgan fingerprint density at radius 3 is 2.46 bits per heavy atom. The van der Waals surface area contributed by atoms with Gasteiger partial charge in [-0.3, -0.25) is 9.80 Å². The van der Waals surface area contributed by atoms with E-state index in [1.807, 2.05) is 0 Å². The van der Waals surface area contributed by atoms with E-state index in [1.165, 1.54) is 70.3 Å². The molecule has 6 heteroatoms. The lowest BCUT2D eigenvalue weighted by Gasteiger charge is -2.37. The molecule has 0 unspecified atom stereocenters. The van der Waals surface area contributed by atoms with Crippen molar-refractivity contribution < 1.29 is 4.74 Å². The normalized spacial score (nSPS) is 27.5. The van der Waals surface area contributed by atoms with Gasteiger partial charge in [0.1, 0.15) is 11.6 Å². The van der Waals surface area contributed by atoms with Crippen LogP contribution in [-0.4, -0.2) is 70.0 Å². The Balaban J connectivity index is 1.40. The van der Waals surface area contributed by atoms with Crippen LogP contribution in [0.5, 0.6) is 0 Å². The molecule has 26 heavy (non-hydrogen) atoms. The average Bonchev–Trinajstić information content (AvgIpc) is 2.89. The fraction of sp³-hybridized carbons (Fsp3) is 0.900. The number of likely N-dealkylation sites (tertiary alicyclic amines) is 1. The molecule has 3 fully saturated rings. The first-order valence-corrected chi connectivity index (χ1v) is 10.7. The SMILES string of the molecule is Cn1c(CN2CCOCC2)nnc1[C@H]1CCCN(C2CCCCCC2)C1. The van der Waals surface area contributed by atoms with E-state index < -0.39 is 0 Å². The Hall–Kier alpha value is -0.980. The average molecular weight is 362 g/mol. The fourth-order valence-corrected chi connectivity index (χ4v) is 5.00. The van der Waals surface area contributed by atoms with Crippen molar-refractivity contribution in [2.45, 2.75) is 69.9 Å². The number of rotatable bonds is 4. The summed E-state index contributed by atoms with van der Waals surface area (Å²) in [5, 5.41) is 9.18. The van der Waals surface area contributed by atoms with E-state index >= 15 is 0 Å². The van der Waals surface area contributed by atoms with Crippen LogP contribution in [0.25, 0.3) is 0 Å². The number of hydrogen-bond acceptors (Lipinski definition) is 5. The maximum atomic E-state index is 5.46. The van der Waals surface area contributed by atoms with Gasteiger partial charge in [-0.2, -0.15) is 0 Å². The molecular weight excluding hydrogens is 326 g/mol. The van der Waals surface area contributed by atoms with Crippen molar-refractivity contribution in [3.05, 3.63) is 11.6 Å². The van der Waals surface area contributed by atoms with Gasteiger partial charge < -0.3 is 9.30 Å². The van der Waals surface area contributed by atoms with Gasteiger partial charge in [-0.05, 0) is 32.2 Å². The van der Waals surface area contributed by atoms with Crippen LogP contribution in [0.1, 0.15) is 68.9 Å². The van der Waals surface area contributed by atoms with Crippen molar-refractivity contribution in [2.24, 2.45) is 7.05 Å². The maximum absolute atomic E-state index is 5.46. The minimum Gasteiger partial charge on any atom is -0.379 e. The molecule has 0 amide bonds. The molecule has 3 heterocycles. The Labute approximate surface area is 157 Å². The Kier molecular flexibility index (Phi) is 6.23. The summed E-state index contributed by atoms with van der Waals surface area (Å²) < 4.78 is 7.73. The summed E-state index contributed by atoms with van der Waals surface area (Å²) in [6.07, 6.45) is 11.0. The third kappa shape index (κ3) is 4.29. The van der Waals surface area contributed by atoms with E-state index in [9.17, 15) is 0 Å². The molecule has 0 N–H and O–H groups in total. The van der Waals surface area contributed by atoms with Crippen LogP contribution in [0.2, 0.25) is 0 Å². The zero-order valence-electron chi connectivity index (χ0n) is 16.4. The zero-order chi connectivity index (χ0) is 17.8. The largest absolute Gasteiger partial charge is 0.379 e.